The van der Waals surface area contributed by atoms with Crippen LogP contribution in [-0.4, -0.2) is 12.8 Å². The quantitative estimate of drug-likeness (QED) is 0.766. The van der Waals surface area contributed by atoms with Gasteiger partial charge in [0.2, 0.25) is 0 Å². The molecule has 20 heavy (non-hydrogen) atoms. The molecule has 0 heterocycles. The van der Waals surface area contributed by atoms with Gasteiger partial charge in [-0.25, -0.2) is 4.79 Å². The monoisotopic (exact) mass is 270 g/mol. The van der Waals surface area contributed by atoms with Gasteiger partial charge >= 0.3 is 6.16 Å². The maximum absolute atomic E-state index is 11.5. The van der Waals surface area contributed by atoms with Crippen LogP contribution in [0.5, 0.6) is 0 Å². The van der Waals surface area contributed by atoms with Gasteiger partial charge in [0.25, 0.3) is 0 Å². The van der Waals surface area contributed by atoms with Gasteiger partial charge in [-0.1, -0.05) is 67.6 Å². The van der Waals surface area contributed by atoms with Crippen molar-refractivity contribution in [2.75, 3.05) is 6.61 Å². The normalized spacial score (nSPS) is 11.7. The van der Waals surface area contributed by atoms with Crippen LogP contribution >= 0.6 is 0 Å². The van der Waals surface area contributed by atoms with Gasteiger partial charge in [0.15, 0.2) is 0 Å². The number of benzene rings is 2. The van der Waals surface area contributed by atoms with E-state index in [1.165, 1.54) is 0 Å². The predicted octanol–water partition coefficient (Wildman–Crippen LogP) is 4.14. The van der Waals surface area contributed by atoms with Crippen LogP contribution < -0.4 is 0 Å². The van der Waals surface area contributed by atoms with Crippen molar-refractivity contribution in [2.24, 2.45) is 0 Å². The molecular weight excluding hydrogens is 252 g/mol. The molecule has 0 aromatic heterocycles. The Bertz CT molecular complexity index is 522. The highest BCUT2D eigenvalue weighted by molar-refractivity contribution is 5.60. The molecule has 0 spiro atoms. The SMILES string of the molecule is CC(COC(=O)OCc1ccccc1)c1ccccc1. The zero-order valence-corrected chi connectivity index (χ0v) is 11.5. The van der Waals surface area contributed by atoms with Crippen molar-refractivity contribution < 1.29 is 14.3 Å². The van der Waals surface area contributed by atoms with Gasteiger partial charge in [-0.2, -0.15) is 0 Å². The van der Waals surface area contributed by atoms with Gasteiger partial charge in [-0.05, 0) is 11.1 Å². The van der Waals surface area contributed by atoms with Crippen LogP contribution in [0.2, 0.25) is 0 Å². The van der Waals surface area contributed by atoms with Gasteiger partial charge in [0, 0.05) is 5.92 Å². The molecular formula is C17H18O3. The third-order valence-corrected chi connectivity index (χ3v) is 3.02. The van der Waals surface area contributed by atoms with Crippen molar-refractivity contribution in [2.45, 2.75) is 19.4 Å². The summed E-state index contributed by atoms with van der Waals surface area (Å²) < 4.78 is 10.2. The molecule has 0 fully saturated rings. The lowest BCUT2D eigenvalue weighted by Crippen LogP contribution is -2.12. The first-order valence-electron chi connectivity index (χ1n) is 6.64. The van der Waals surface area contributed by atoms with Gasteiger partial charge in [-0.3, -0.25) is 0 Å². The second kappa shape index (κ2) is 7.34. The number of carbonyl (C=O) groups excluding carboxylic acids is 1. The molecule has 3 nitrogen and oxygen atoms in total. The first-order chi connectivity index (χ1) is 9.75. The molecule has 0 aliphatic heterocycles. The van der Waals surface area contributed by atoms with E-state index in [9.17, 15) is 4.79 Å². The lowest BCUT2D eigenvalue weighted by molar-refractivity contribution is 0.0467. The summed E-state index contributed by atoms with van der Waals surface area (Å²) in [5.41, 5.74) is 2.09. The third kappa shape index (κ3) is 4.43. The molecule has 2 aromatic rings. The molecule has 2 aromatic carbocycles. The van der Waals surface area contributed by atoms with Crippen LogP contribution in [0, 0.1) is 0 Å². The van der Waals surface area contributed by atoms with Gasteiger partial charge < -0.3 is 9.47 Å². The summed E-state index contributed by atoms with van der Waals surface area (Å²) in [5.74, 6) is 0.153. The highest BCUT2D eigenvalue weighted by atomic mass is 16.7. The Morgan fingerprint density at radius 1 is 0.950 bits per heavy atom. The Balaban J connectivity index is 1.73. The van der Waals surface area contributed by atoms with E-state index in [1.54, 1.807) is 0 Å². The average Bonchev–Trinajstić information content (AvgIpc) is 2.52. The largest absolute Gasteiger partial charge is 0.508 e. The summed E-state index contributed by atoms with van der Waals surface area (Å²) in [5, 5.41) is 0. The first-order valence-corrected chi connectivity index (χ1v) is 6.64. The maximum atomic E-state index is 11.5. The molecule has 0 amide bonds. The lowest BCUT2D eigenvalue weighted by Gasteiger charge is -2.12. The molecule has 1 unspecified atom stereocenters. The number of hydrogen-bond acceptors (Lipinski definition) is 3. The van der Waals surface area contributed by atoms with Crippen LogP contribution in [-0.2, 0) is 16.1 Å². The predicted molar refractivity (Wildman–Crippen MR) is 77.4 cm³/mol. The smallest absolute Gasteiger partial charge is 0.434 e. The Hall–Kier alpha value is -2.29. The summed E-state index contributed by atoms with van der Waals surface area (Å²) >= 11 is 0. The average molecular weight is 270 g/mol. The van der Waals surface area contributed by atoms with E-state index in [0.29, 0.717) is 6.61 Å². The number of hydrogen-bond donors (Lipinski definition) is 0. The Morgan fingerprint density at radius 3 is 2.20 bits per heavy atom. The van der Waals surface area contributed by atoms with E-state index in [0.717, 1.165) is 11.1 Å². The summed E-state index contributed by atoms with van der Waals surface area (Å²) in [6.45, 7) is 2.57. The van der Waals surface area contributed by atoms with Crippen molar-refractivity contribution in [1.82, 2.24) is 0 Å². The maximum Gasteiger partial charge on any atom is 0.508 e. The topological polar surface area (TPSA) is 35.5 Å². The van der Waals surface area contributed by atoms with Gasteiger partial charge in [-0.15, -0.1) is 0 Å². The minimum atomic E-state index is -0.628. The van der Waals surface area contributed by atoms with E-state index in [-0.39, 0.29) is 12.5 Å². The van der Waals surface area contributed by atoms with E-state index in [4.69, 9.17) is 9.47 Å². The van der Waals surface area contributed by atoms with Crippen molar-refractivity contribution in [3.05, 3.63) is 71.8 Å². The molecule has 0 N–H and O–H groups in total. The van der Waals surface area contributed by atoms with Gasteiger partial charge in [0.1, 0.15) is 13.2 Å². The van der Waals surface area contributed by atoms with E-state index in [1.807, 2.05) is 67.6 Å². The fourth-order valence-corrected chi connectivity index (χ4v) is 1.83. The number of rotatable bonds is 5. The van der Waals surface area contributed by atoms with Gasteiger partial charge in [0.05, 0.1) is 0 Å². The van der Waals surface area contributed by atoms with Crippen LogP contribution in [0.1, 0.15) is 24.0 Å². The molecule has 2 rings (SSSR count). The van der Waals surface area contributed by atoms with Crippen LogP contribution in [0.15, 0.2) is 60.7 Å². The van der Waals surface area contributed by atoms with Crippen LogP contribution in [0.25, 0.3) is 0 Å². The highest BCUT2D eigenvalue weighted by Crippen LogP contribution is 2.15. The molecule has 104 valence electrons. The van der Waals surface area contributed by atoms with Crippen molar-refractivity contribution in [1.29, 1.82) is 0 Å². The molecule has 1 atom stereocenters. The molecule has 0 aliphatic rings. The molecule has 0 bridgehead atoms. The zero-order chi connectivity index (χ0) is 14.2. The minimum Gasteiger partial charge on any atom is -0.434 e. The van der Waals surface area contributed by atoms with Crippen LogP contribution in [0.4, 0.5) is 4.79 Å². The lowest BCUT2D eigenvalue weighted by atomic mass is 10.0. The standard InChI is InChI=1S/C17H18O3/c1-14(16-10-6-3-7-11-16)12-19-17(18)20-13-15-8-4-2-5-9-15/h2-11,14H,12-13H2,1H3. The van der Waals surface area contributed by atoms with Crippen LogP contribution in [0.3, 0.4) is 0 Å². The number of carbonyl (C=O) groups is 1. The molecule has 0 radical (unpaired) electrons. The zero-order valence-electron chi connectivity index (χ0n) is 11.5. The van der Waals surface area contributed by atoms with E-state index in [2.05, 4.69) is 0 Å². The fraction of sp³-hybridized carbons (Fsp3) is 0.235. The van der Waals surface area contributed by atoms with Crippen molar-refractivity contribution in [3.63, 3.8) is 0 Å². The Morgan fingerprint density at radius 2 is 1.55 bits per heavy atom. The minimum absolute atomic E-state index is 0.153. The second-order valence-corrected chi connectivity index (χ2v) is 4.65. The summed E-state index contributed by atoms with van der Waals surface area (Å²) in [4.78, 5) is 11.5. The molecule has 0 saturated carbocycles. The summed E-state index contributed by atoms with van der Waals surface area (Å²) in [7, 11) is 0. The first kappa shape index (κ1) is 14.1. The van der Waals surface area contributed by atoms with E-state index >= 15 is 0 Å². The fourth-order valence-electron chi connectivity index (χ4n) is 1.83. The second-order valence-electron chi connectivity index (χ2n) is 4.65. The number of ether oxygens (including phenoxy) is 2. The summed E-state index contributed by atoms with van der Waals surface area (Å²) in [6, 6.07) is 19.5. The third-order valence-electron chi connectivity index (χ3n) is 3.02. The van der Waals surface area contributed by atoms with Crippen molar-refractivity contribution in [3.8, 4) is 0 Å². The summed E-state index contributed by atoms with van der Waals surface area (Å²) in [6.07, 6.45) is -0.628. The van der Waals surface area contributed by atoms with E-state index < -0.39 is 6.16 Å². The molecule has 3 heteroatoms. The highest BCUT2D eigenvalue weighted by Gasteiger charge is 2.10. The molecule has 0 saturated heterocycles. The molecule has 0 aliphatic carbocycles. The van der Waals surface area contributed by atoms with Crippen molar-refractivity contribution >= 4 is 6.16 Å². The Labute approximate surface area is 119 Å². The Kier molecular flexibility index (Phi) is 5.18.